The van der Waals surface area contributed by atoms with Crippen LogP contribution in [0.15, 0.2) is 24.3 Å². The van der Waals surface area contributed by atoms with Crippen molar-refractivity contribution in [2.24, 2.45) is 11.3 Å². The largest absolute Gasteiger partial charge is 0.497 e. The number of nitrogens with one attached hydrogen (secondary N) is 2. The highest BCUT2D eigenvalue weighted by atomic mass is 32.1. The zero-order valence-corrected chi connectivity index (χ0v) is 18.7. The number of carbonyl (C=O) groups is 1. The first-order chi connectivity index (χ1) is 13.7. The molecule has 5 nitrogen and oxygen atoms in total. The van der Waals surface area contributed by atoms with Crippen molar-refractivity contribution in [3.8, 4) is 11.8 Å². The minimum absolute atomic E-state index is 0.188. The molecule has 152 valence electrons. The fourth-order valence-corrected chi connectivity index (χ4v) is 5.13. The number of fused-ring (bicyclic) bond motifs is 1. The number of thiophene rings is 1. The maximum atomic E-state index is 12.4. The molecule has 0 fully saturated rings. The zero-order valence-electron chi connectivity index (χ0n) is 17.1. The molecule has 1 heterocycles. The fraction of sp³-hybridized carbons (Fsp3) is 0.409. The Bertz CT molecular complexity index is 966. The number of amides is 1. The summed E-state index contributed by atoms with van der Waals surface area (Å²) in [5.41, 5.74) is 2.50. The lowest BCUT2D eigenvalue weighted by atomic mass is 9.72. The van der Waals surface area contributed by atoms with Gasteiger partial charge in [0.2, 0.25) is 0 Å². The van der Waals surface area contributed by atoms with E-state index in [9.17, 15) is 10.1 Å². The summed E-state index contributed by atoms with van der Waals surface area (Å²) in [5.74, 6) is 0.964. The maximum absolute atomic E-state index is 12.4. The highest BCUT2D eigenvalue weighted by Crippen LogP contribution is 2.43. The Morgan fingerprint density at radius 3 is 2.59 bits per heavy atom. The molecule has 0 saturated carbocycles. The van der Waals surface area contributed by atoms with E-state index < -0.39 is 0 Å². The van der Waals surface area contributed by atoms with E-state index in [1.54, 1.807) is 42.7 Å². The third kappa shape index (κ3) is 4.77. The molecule has 29 heavy (non-hydrogen) atoms. The first kappa shape index (κ1) is 21.3. The Morgan fingerprint density at radius 1 is 1.31 bits per heavy atom. The van der Waals surface area contributed by atoms with Crippen LogP contribution in [0.3, 0.4) is 0 Å². The van der Waals surface area contributed by atoms with Gasteiger partial charge in [-0.3, -0.25) is 10.1 Å². The summed E-state index contributed by atoms with van der Waals surface area (Å²) in [5, 5.41) is 16.3. The summed E-state index contributed by atoms with van der Waals surface area (Å²) in [6.07, 6.45) is 2.97. The maximum Gasteiger partial charge on any atom is 0.257 e. The van der Waals surface area contributed by atoms with Crippen molar-refractivity contribution in [2.75, 3.05) is 12.4 Å². The first-order valence-corrected chi connectivity index (χ1v) is 10.8. The van der Waals surface area contributed by atoms with E-state index in [-0.39, 0.29) is 16.4 Å². The molecule has 1 atom stereocenters. The molecule has 0 aliphatic heterocycles. The smallest absolute Gasteiger partial charge is 0.257 e. The van der Waals surface area contributed by atoms with Crippen LogP contribution in [0.2, 0.25) is 0 Å². The van der Waals surface area contributed by atoms with Gasteiger partial charge in [0.25, 0.3) is 5.91 Å². The molecule has 1 unspecified atom stereocenters. The van der Waals surface area contributed by atoms with Gasteiger partial charge < -0.3 is 10.1 Å². The van der Waals surface area contributed by atoms with E-state index in [0.717, 1.165) is 24.8 Å². The van der Waals surface area contributed by atoms with Gasteiger partial charge in [-0.2, -0.15) is 5.26 Å². The molecular formula is C22H25N3O2S2. The Labute approximate surface area is 181 Å². The molecule has 1 aromatic heterocycles. The lowest BCUT2D eigenvalue weighted by Crippen LogP contribution is -2.34. The molecule has 1 aliphatic rings. The minimum atomic E-state index is -0.308. The van der Waals surface area contributed by atoms with Gasteiger partial charge in [0.05, 0.1) is 12.7 Å². The van der Waals surface area contributed by atoms with Crippen molar-refractivity contribution in [3.63, 3.8) is 0 Å². The van der Waals surface area contributed by atoms with Crippen LogP contribution in [-0.4, -0.2) is 18.1 Å². The van der Waals surface area contributed by atoms with Crippen molar-refractivity contribution in [3.05, 3.63) is 45.8 Å². The average Bonchev–Trinajstić information content (AvgIpc) is 3.03. The zero-order chi connectivity index (χ0) is 21.2. The van der Waals surface area contributed by atoms with Crippen molar-refractivity contribution < 1.29 is 9.53 Å². The quantitative estimate of drug-likeness (QED) is 0.681. The summed E-state index contributed by atoms with van der Waals surface area (Å²) in [6, 6.07) is 9.11. The first-order valence-electron chi connectivity index (χ1n) is 9.54. The molecular weight excluding hydrogens is 402 g/mol. The SMILES string of the molecule is COc1ccc(C(=O)NC(=S)Nc2sc3c(c2C#N)CCC(C(C)(C)C)C3)cc1. The van der Waals surface area contributed by atoms with Crippen LogP contribution < -0.4 is 15.4 Å². The average molecular weight is 428 g/mol. The molecule has 2 N–H and O–H groups in total. The highest BCUT2D eigenvalue weighted by molar-refractivity contribution is 7.80. The van der Waals surface area contributed by atoms with Gasteiger partial charge in [-0.25, -0.2) is 0 Å². The van der Waals surface area contributed by atoms with Crippen molar-refractivity contribution in [2.45, 2.75) is 40.0 Å². The van der Waals surface area contributed by atoms with Gasteiger partial charge in [-0.15, -0.1) is 11.3 Å². The molecule has 0 bridgehead atoms. The van der Waals surface area contributed by atoms with E-state index >= 15 is 0 Å². The molecule has 0 spiro atoms. The van der Waals surface area contributed by atoms with Crippen LogP contribution in [0, 0.1) is 22.7 Å². The second-order valence-electron chi connectivity index (χ2n) is 8.26. The third-order valence-electron chi connectivity index (χ3n) is 5.41. The topological polar surface area (TPSA) is 74.2 Å². The number of carbonyl (C=O) groups excluding carboxylic acids is 1. The van der Waals surface area contributed by atoms with E-state index in [2.05, 4.69) is 37.5 Å². The fourth-order valence-electron chi connectivity index (χ4n) is 3.58. The van der Waals surface area contributed by atoms with Crippen LogP contribution in [0.1, 0.15) is 53.6 Å². The number of hydrogen-bond acceptors (Lipinski definition) is 5. The Balaban J connectivity index is 1.71. The highest BCUT2D eigenvalue weighted by Gasteiger charge is 2.32. The van der Waals surface area contributed by atoms with Gasteiger partial charge in [-0.1, -0.05) is 20.8 Å². The van der Waals surface area contributed by atoms with Crippen LogP contribution >= 0.6 is 23.6 Å². The number of rotatable bonds is 3. The lowest BCUT2D eigenvalue weighted by molar-refractivity contribution is 0.0977. The Kier molecular flexibility index (Phi) is 6.25. The van der Waals surface area contributed by atoms with Crippen LogP contribution in [0.4, 0.5) is 5.00 Å². The summed E-state index contributed by atoms with van der Waals surface area (Å²) in [6.45, 7) is 6.80. The van der Waals surface area contributed by atoms with Crippen molar-refractivity contribution in [1.29, 1.82) is 5.26 Å². The number of anilines is 1. The predicted octanol–water partition coefficient (Wildman–Crippen LogP) is 4.91. The van der Waals surface area contributed by atoms with E-state index in [0.29, 0.717) is 27.8 Å². The number of hydrogen-bond donors (Lipinski definition) is 2. The van der Waals surface area contributed by atoms with Gasteiger partial charge in [0, 0.05) is 10.4 Å². The predicted molar refractivity (Wildman–Crippen MR) is 121 cm³/mol. The van der Waals surface area contributed by atoms with Crippen LogP contribution in [-0.2, 0) is 12.8 Å². The van der Waals surface area contributed by atoms with Gasteiger partial charge in [0.15, 0.2) is 5.11 Å². The number of ether oxygens (including phenoxy) is 1. The molecule has 0 saturated heterocycles. The standard InChI is InChI=1S/C22H25N3O2S2/c1-22(2,3)14-7-10-16-17(12-23)20(29-18(16)11-14)25-21(28)24-19(26)13-5-8-15(27-4)9-6-13/h5-6,8-9,14H,7,10-11H2,1-4H3,(H2,24,25,26,28). The minimum Gasteiger partial charge on any atom is -0.497 e. The Morgan fingerprint density at radius 2 is 2.00 bits per heavy atom. The monoisotopic (exact) mass is 427 g/mol. The van der Waals surface area contributed by atoms with Crippen LogP contribution in [0.5, 0.6) is 5.75 Å². The molecule has 1 aliphatic carbocycles. The van der Waals surface area contributed by atoms with Gasteiger partial charge in [0.1, 0.15) is 16.8 Å². The molecule has 1 aromatic carbocycles. The van der Waals surface area contributed by atoms with E-state index in [1.165, 1.54) is 4.88 Å². The second kappa shape index (κ2) is 8.52. The Hall–Kier alpha value is -2.43. The summed E-state index contributed by atoms with van der Waals surface area (Å²) in [4.78, 5) is 13.7. The van der Waals surface area contributed by atoms with Crippen molar-refractivity contribution >= 4 is 39.6 Å². The number of benzene rings is 1. The van der Waals surface area contributed by atoms with Gasteiger partial charge in [-0.05, 0) is 72.6 Å². The molecule has 7 heteroatoms. The number of methoxy groups -OCH3 is 1. The normalized spacial score (nSPS) is 15.8. The van der Waals surface area contributed by atoms with E-state index in [1.807, 2.05) is 0 Å². The summed E-state index contributed by atoms with van der Waals surface area (Å²) < 4.78 is 5.10. The summed E-state index contributed by atoms with van der Waals surface area (Å²) >= 11 is 6.89. The van der Waals surface area contributed by atoms with E-state index in [4.69, 9.17) is 17.0 Å². The van der Waals surface area contributed by atoms with Crippen molar-refractivity contribution in [1.82, 2.24) is 5.32 Å². The summed E-state index contributed by atoms with van der Waals surface area (Å²) in [7, 11) is 1.57. The molecule has 1 amide bonds. The number of nitrogens with zero attached hydrogens (tertiary/aromatic N) is 1. The molecule has 0 radical (unpaired) electrons. The molecule has 2 aromatic rings. The van der Waals surface area contributed by atoms with Gasteiger partial charge >= 0.3 is 0 Å². The third-order valence-corrected chi connectivity index (χ3v) is 6.78. The van der Waals surface area contributed by atoms with Crippen LogP contribution in [0.25, 0.3) is 0 Å². The molecule has 3 rings (SSSR count). The second-order valence-corrected chi connectivity index (χ2v) is 9.78. The number of thiocarbonyl (C=S) groups is 1. The number of nitriles is 1. The lowest BCUT2D eigenvalue weighted by Gasteiger charge is -2.33.